The molecule has 2 rings (SSSR count). The molecule has 1 saturated heterocycles. The molecule has 1 aromatic carbocycles. The zero-order chi connectivity index (χ0) is 15.1. The largest absolute Gasteiger partial charge is 0.312 e. The number of rotatable bonds is 6. The average Bonchev–Trinajstić information content (AvgIpc) is 2.71. The lowest BCUT2D eigenvalue weighted by molar-refractivity contribution is 0.193. The summed E-state index contributed by atoms with van der Waals surface area (Å²) in [5.74, 6) is 0. The van der Waals surface area contributed by atoms with Crippen molar-refractivity contribution in [3.63, 3.8) is 0 Å². The molecule has 1 N–H and O–H groups in total. The minimum atomic E-state index is 0.446. The number of hydrogen-bond acceptors (Lipinski definition) is 2. The van der Waals surface area contributed by atoms with Crippen LogP contribution in [0.3, 0.4) is 0 Å². The smallest absolute Gasteiger partial charge is 0.0446 e. The van der Waals surface area contributed by atoms with E-state index in [2.05, 4.69) is 55.4 Å². The molecule has 0 bridgehead atoms. The van der Waals surface area contributed by atoms with Gasteiger partial charge in [-0.2, -0.15) is 0 Å². The van der Waals surface area contributed by atoms with Crippen LogP contribution < -0.4 is 5.32 Å². The van der Waals surface area contributed by atoms with Crippen LogP contribution in [-0.4, -0.2) is 31.1 Å². The Balaban J connectivity index is 2.01. The summed E-state index contributed by atoms with van der Waals surface area (Å²) in [5, 5.41) is 3.52. The van der Waals surface area contributed by atoms with E-state index in [1.807, 2.05) is 0 Å². The molecule has 0 saturated carbocycles. The molecule has 1 fully saturated rings. The van der Waals surface area contributed by atoms with Crippen molar-refractivity contribution in [2.24, 2.45) is 0 Å². The summed E-state index contributed by atoms with van der Waals surface area (Å²) in [5.41, 5.74) is 2.88. The predicted octanol–water partition coefficient (Wildman–Crippen LogP) is 4.16. The molecule has 2 unspecified atom stereocenters. The van der Waals surface area contributed by atoms with Crippen LogP contribution >= 0.6 is 0 Å². The Hall–Kier alpha value is -0.860. The number of likely N-dealkylation sites (tertiary alicyclic amines) is 1. The molecule has 1 heterocycles. The van der Waals surface area contributed by atoms with Gasteiger partial charge in [0.25, 0.3) is 0 Å². The lowest BCUT2D eigenvalue weighted by atomic mass is 10.0. The van der Waals surface area contributed by atoms with Crippen molar-refractivity contribution in [3.05, 3.63) is 35.4 Å². The van der Waals surface area contributed by atoms with Gasteiger partial charge in [0.1, 0.15) is 0 Å². The van der Waals surface area contributed by atoms with Gasteiger partial charge in [0.05, 0.1) is 0 Å². The maximum absolute atomic E-state index is 3.52. The molecular weight excluding hydrogens is 256 g/mol. The van der Waals surface area contributed by atoms with E-state index in [4.69, 9.17) is 0 Å². The maximum atomic E-state index is 3.52. The third-order valence-electron chi connectivity index (χ3n) is 4.88. The lowest BCUT2D eigenvalue weighted by Gasteiger charge is -2.31. The van der Waals surface area contributed by atoms with E-state index in [0.717, 1.165) is 12.6 Å². The lowest BCUT2D eigenvalue weighted by Crippen LogP contribution is -2.39. The van der Waals surface area contributed by atoms with Gasteiger partial charge < -0.3 is 5.32 Å². The fourth-order valence-corrected chi connectivity index (χ4v) is 3.41. The highest BCUT2D eigenvalue weighted by Gasteiger charge is 2.20. The van der Waals surface area contributed by atoms with Crippen LogP contribution in [0.4, 0.5) is 0 Å². The molecule has 2 nitrogen and oxygen atoms in total. The number of hydrogen-bond donors (Lipinski definition) is 1. The third kappa shape index (κ3) is 4.82. The highest BCUT2D eigenvalue weighted by atomic mass is 15.2. The van der Waals surface area contributed by atoms with Crippen molar-refractivity contribution in [3.8, 4) is 0 Å². The predicted molar refractivity (Wildman–Crippen MR) is 91.7 cm³/mol. The summed E-state index contributed by atoms with van der Waals surface area (Å²) < 4.78 is 0. The zero-order valence-electron chi connectivity index (χ0n) is 14.1. The second kappa shape index (κ2) is 8.55. The number of likely N-dealkylation sites (N-methyl/N-ethyl adjacent to an activating group) is 1. The minimum absolute atomic E-state index is 0.446. The Kier molecular flexibility index (Phi) is 6.72. The number of aryl methyl sites for hydroxylation is 1. The Morgan fingerprint density at radius 1 is 1.19 bits per heavy atom. The molecule has 118 valence electrons. The van der Waals surface area contributed by atoms with Crippen LogP contribution in [0.2, 0.25) is 0 Å². The maximum Gasteiger partial charge on any atom is 0.0446 e. The molecule has 0 aliphatic carbocycles. The summed E-state index contributed by atoms with van der Waals surface area (Å²) in [4.78, 5) is 2.67. The standard InChI is InChI=1S/C19H32N2/c1-4-8-17-10-12-18(13-11-17)19(20-3)15-21-14-7-5-6-9-16(21)2/h10-13,16,19-20H,4-9,14-15H2,1-3H3. The Labute approximate surface area is 130 Å². The molecule has 0 radical (unpaired) electrons. The zero-order valence-corrected chi connectivity index (χ0v) is 14.1. The van der Waals surface area contributed by atoms with Crippen molar-refractivity contribution >= 4 is 0 Å². The van der Waals surface area contributed by atoms with Gasteiger partial charge in [0.2, 0.25) is 0 Å². The van der Waals surface area contributed by atoms with Crippen LogP contribution in [0.25, 0.3) is 0 Å². The average molecular weight is 288 g/mol. The second-order valence-corrected chi connectivity index (χ2v) is 6.53. The molecule has 2 atom stereocenters. The highest BCUT2D eigenvalue weighted by Crippen LogP contribution is 2.21. The van der Waals surface area contributed by atoms with E-state index < -0.39 is 0 Å². The van der Waals surface area contributed by atoms with Crippen molar-refractivity contribution in [1.82, 2.24) is 10.2 Å². The summed E-state index contributed by atoms with van der Waals surface area (Å²) in [6.07, 6.45) is 7.92. The number of nitrogens with one attached hydrogen (secondary N) is 1. The first kappa shape index (κ1) is 16.5. The highest BCUT2D eigenvalue weighted by molar-refractivity contribution is 5.25. The first-order valence-electron chi connectivity index (χ1n) is 8.74. The van der Waals surface area contributed by atoms with Crippen LogP contribution in [0.1, 0.15) is 63.1 Å². The van der Waals surface area contributed by atoms with Crippen LogP contribution in [-0.2, 0) is 6.42 Å². The third-order valence-corrected chi connectivity index (χ3v) is 4.88. The van der Waals surface area contributed by atoms with Gasteiger partial charge in [-0.05, 0) is 50.9 Å². The quantitative estimate of drug-likeness (QED) is 0.845. The molecule has 2 heteroatoms. The Morgan fingerprint density at radius 2 is 1.95 bits per heavy atom. The first-order chi connectivity index (χ1) is 10.2. The summed E-state index contributed by atoms with van der Waals surface area (Å²) in [6.45, 7) is 7.02. The molecule has 1 aliphatic rings. The molecule has 0 aromatic heterocycles. The monoisotopic (exact) mass is 288 g/mol. The molecular formula is C19H32N2. The molecule has 21 heavy (non-hydrogen) atoms. The second-order valence-electron chi connectivity index (χ2n) is 6.53. The van der Waals surface area contributed by atoms with E-state index in [0.29, 0.717) is 6.04 Å². The molecule has 1 aliphatic heterocycles. The topological polar surface area (TPSA) is 15.3 Å². The summed E-state index contributed by atoms with van der Waals surface area (Å²) >= 11 is 0. The fourth-order valence-electron chi connectivity index (χ4n) is 3.41. The van der Waals surface area contributed by atoms with E-state index >= 15 is 0 Å². The van der Waals surface area contributed by atoms with Crippen molar-refractivity contribution in [2.75, 3.05) is 20.1 Å². The van der Waals surface area contributed by atoms with Gasteiger partial charge in [0.15, 0.2) is 0 Å². The van der Waals surface area contributed by atoms with Gasteiger partial charge in [-0.1, -0.05) is 50.5 Å². The van der Waals surface area contributed by atoms with E-state index in [9.17, 15) is 0 Å². The Morgan fingerprint density at radius 3 is 2.62 bits per heavy atom. The summed E-state index contributed by atoms with van der Waals surface area (Å²) in [7, 11) is 2.09. The van der Waals surface area contributed by atoms with Crippen molar-refractivity contribution in [2.45, 2.75) is 64.5 Å². The van der Waals surface area contributed by atoms with Gasteiger partial charge in [0, 0.05) is 18.6 Å². The van der Waals surface area contributed by atoms with E-state index in [-0.39, 0.29) is 0 Å². The molecule has 1 aromatic rings. The van der Waals surface area contributed by atoms with Gasteiger partial charge >= 0.3 is 0 Å². The number of benzene rings is 1. The van der Waals surface area contributed by atoms with Crippen molar-refractivity contribution < 1.29 is 0 Å². The van der Waals surface area contributed by atoms with Gasteiger partial charge in [-0.15, -0.1) is 0 Å². The normalized spacial score (nSPS) is 22.0. The van der Waals surface area contributed by atoms with Gasteiger partial charge in [-0.3, -0.25) is 4.90 Å². The van der Waals surface area contributed by atoms with Crippen LogP contribution in [0, 0.1) is 0 Å². The molecule has 0 amide bonds. The summed E-state index contributed by atoms with van der Waals surface area (Å²) in [6, 6.07) is 10.4. The van der Waals surface area contributed by atoms with Crippen molar-refractivity contribution in [1.29, 1.82) is 0 Å². The number of nitrogens with zero attached hydrogens (tertiary/aromatic N) is 1. The van der Waals surface area contributed by atoms with Crippen LogP contribution in [0.5, 0.6) is 0 Å². The fraction of sp³-hybridized carbons (Fsp3) is 0.684. The van der Waals surface area contributed by atoms with E-state index in [1.165, 1.54) is 56.2 Å². The first-order valence-corrected chi connectivity index (χ1v) is 8.74. The minimum Gasteiger partial charge on any atom is -0.312 e. The Bertz CT molecular complexity index is 399. The van der Waals surface area contributed by atoms with Gasteiger partial charge in [-0.25, -0.2) is 0 Å². The SMILES string of the molecule is CCCc1ccc(C(CN2CCCCCC2C)NC)cc1. The molecule has 0 spiro atoms. The van der Waals surface area contributed by atoms with Crippen LogP contribution in [0.15, 0.2) is 24.3 Å². The van der Waals surface area contributed by atoms with E-state index in [1.54, 1.807) is 0 Å².